The molecule has 120 valence electrons. The second-order valence-electron chi connectivity index (χ2n) is 6.55. The van der Waals surface area contributed by atoms with E-state index in [1.165, 1.54) is 5.56 Å². The summed E-state index contributed by atoms with van der Waals surface area (Å²) in [7, 11) is 0. The third-order valence-electron chi connectivity index (χ3n) is 3.70. The van der Waals surface area contributed by atoms with Crippen LogP contribution in [0.3, 0.4) is 0 Å². The Kier molecular flexibility index (Phi) is 4.84. The minimum atomic E-state index is -0.311. The molecule has 4 heteroatoms. The number of nitrogens with zero attached hydrogens (tertiary/aromatic N) is 1. The van der Waals surface area contributed by atoms with E-state index in [1.807, 2.05) is 19.1 Å². The molecule has 0 fully saturated rings. The third kappa shape index (κ3) is 4.19. The molecule has 0 bridgehead atoms. The first kappa shape index (κ1) is 16.7. The number of carbonyl (C=O) groups is 1. The molecule has 0 radical (unpaired) electrons. The molecule has 0 aromatic heterocycles. The Labute approximate surface area is 137 Å². The number of nitrogen functional groups attached to an aromatic ring is 1. The van der Waals surface area contributed by atoms with Gasteiger partial charge < -0.3 is 5.73 Å². The fourth-order valence-electron chi connectivity index (χ4n) is 2.17. The second-order valence-corrected chi connectivity index (χ2v) is 6.55. The number of hydrazone groups is 1. The minimum absolute atomic E-state index is 0.114. The number of rotatable bonds is 3. The molecule has 2 rings (SSSR count). The van der Waals surface area contributed by atoms with Crippen molar-refractivity contribution < 1.29 is 4.79 Å². The summed E-state index contributed by atoms with van der Waals surface area (Å²) in [5.41, 5.74) is 12.3. The van der Waals surface area contributed by atoms with Gasteiger partial charge in [-0.1, -0.05) is 57.2 Å². The summed E-state index contributed by atoms with van der Waals surface area (Å²) in [6, 6.07) is 15.1. The normalized spacial score (nSPS) is 12.1. The van der Waals surface area contributed by atoms with Gasteiger partial charge in [-0.15, -0.1) is 0 Å². The summed E-state index contributed by atoms with van der Waals surface area (Å²) in [6.45, 7) is 8.38. The van der Waals surface area contributed by atoms with E-state index in [0.29, 0.717) is 11.3 Å². The summed E-state index contributed by atoms with van der Waals surface area (Å²) in [4.78, 5) is 12.1. The molecule has 0 aliphatic carbocycles. The molecule has 3 N–H and O–H groups in total. The van der Waals surface area contributed by atoms with Crippen molar-refractivity contribution in [2.45, 2.75) is 33.1 Å². The van der Waals surface area contributed by atoms with Gasteiger partial charge in [-0.3, -0.25) is 4.79 Å². The predicted octanol–water partition coefficient (Wildman–Crippen LogP) is 3.72. The van der Waals surface area contributed by atoms with Crippen LogP contribution in [0.5, 0.6) is 0 Å². The smallest absolute Gasteiger partial charge is 0.273 e. The van der Waals surface area contributed by atoms with Crippen molar-refractivity contribution in [2.24, 2.45) is 5.10 Å². The summed E-state index contributed by atoms with van der Waals surface area (Å²) in [5, 5.41) is 4.17. The van der Waals surface area contributed by atoms with Gasteiger partial charge in [-0.2, -0.15) is 5.10 Å². The number of hydrogen-bond donors (Lipinski definition) is 2. The van der Waals surface area contributed by atoms with Crippen molar-refractivity contribution in [3.63, 3.8) is 0 Å². The molecule has 23 heavy (non-hydrogen) atoms. The van der Waals surface area contributed by atoms with Gasteiger partial charge in [0, 0.05) is 5.69 Å². The van der Waals surface area contributed by atoms with E-state index in [0.717, 1.165) is 11.3 Å². The number of hydrogen-bond acceptors (Lipinski definition) is 3. The zero-order valence-corrected chi connectivity index (χ0v) is 14.1. The van der Waals surface area contributed by atoms with Crippen LogP contribution in [-0.4, -0.2) is 11.6 Å². The van der Waals surface area contributed by atoms with Crippen LogP contribution in [0.1, 0.15) is 49.2 Å². The van der Waals surface area contributed by atoms with Crippen molar-refractivity contribution >= 4 is 17.3 Å². The molecule has 0 unspecified atom stereocenters. The third-order valence-corrected chi connectivity index (χ3v) is 3.70. The Hall–Kier alpha value is -2.62. The summed E-state index contributed by atoms with van der Waals surface area (Å²) in [5.74, 6) is -0.311. The van der Waals surface area contributed by atoms with Crippen LogP contribution < -0.4 is 11.2 Å². The average Bonchev–Trinajstić information content (AvgIpc) is 2.52. The molecular formula is C19H23N3O. The fraction of sp³-hybridized carbons (Fsp3) is 0.263. The van der Waals surface area contributed by atoms with Crippen LogP contribution in [0.2, 0.25) is 0 Å². The summed E-state index contributed by atoms with van der Waals surface area (Å²) < 4.78 is 0. The van der Waals surface area contributed by atoms with Gasteiger partial charge in [-0.25, -0.2) is 5.43 Å². The molecule has 2 aromatic carbocycles. The van der Waals surface area contributed by atoms with E-state index < -0.39 is 0 Å². The van der Waals surface area contributed by atoms with E-state index in [4.69, 9.17) is 5.73 Å². The quantitative estimate of drug-likeness (QED) is 0.515. The number of benzene rings is 2. The first-order chi connectivity index (χ1) is 10.8. The standard InChI is InChI=1S/C19H23N3O/c1-13(14-9-11-15(12-10-14)19(2,3)4)21-22-18(23)16-7-5-6-8-17(16)20/h5-12H,20H2,1-4H3,(H,22,23)/b21-13-. The van der Waals surface area contributed by atoms with Gasteiger partial charge in [-0.05, 0) is 35.6 Å². The zero-order valence-electron chi connectivity index (χ0n) is 14.1. The number of nitrogens with two attached hydrogens (primary N) is 1. The highest BCUT2D eigenvalue weighted by Gasteiger charge is 2.13. The zero-order chi connectivity index (χ0) is 17.0. The molecule has 0 spiro atoms. The van der Waals surface area contributed by atoms with Crippen LogP contribution >= 0.6 is 0 Å². The largest absolute Gasteiger partial charge is 0.398 e. The molecule has 0 aliphatic heterocycles. The van der Waals surface area contributed by atoms with Crippen molar-refractivity contribution in [3.05, 3.63) is 65.2 Å². The molecule has 4 nitrogen and oxygen atoms in total. The SMILES string of the molecule is C/C(=N/NC(=O)c1ccccc1N)c1ccc(C(C)(C)C)cc1. The van der Waals surface area contributed by atoms with E-state index in [-0.39, 0.29) is 11.3 Å². The molecule has 0 heterocycles. The van der Waals surface area contributed by atoms with E-state index in [2.05, 4.69) is 43.4 Å². The molecule has 0 saturated carbocycles. The maximum Gasteiger partial charge on any atom is 0.273 e. The van der Waals surface area contributed by atoms with Crippen molar-refractivity contribution in [1.29, 1.82) is 0 Å². The molecular weight excluding hydrogens is 286 g/mol. The number of para-hydroxylation sites is 1. The highest BCUT2D eigenvalue weighted by molar-refractivity contribution is 6.02. The fourth-order valence-corrected chi connectivity index (χ4v) is 2.17. The van der Waals surface area contributed by atoms with Crippen molar-refractivity contribution in [2.75, 3.05) is 5.73 Å². The van der Waals surface area contributed by atoms with Gasteiger partial charge in [0.25, 0.3) is 5.91 Å². The van der Waals surface area contributed by atoms with Crippen molar-refractivity contribution in [1.82, 2.24) is 5.43 Å². The van der Waals surface area contributed by atoms with Gasteiger partial charge >= 0.3 is 0 Å². The highest BCUT2D eigenvalue weighted by Crippen LogP contribution is 2.22. The minimum Gasteiger partial charge on any atom is -0.398 e. The summed E-state index contributed by atoms with van der Waals surface area (Å²) >= 11 is 0. The van der Waals surface area contributed by atoms with E-state index in [1.54, 1.807) is 24.3 Å². The molecule has 1 amide bonds. The second kappa shape index (κ2) is 6.65. The van der Waals surface area contributed by atoms with Crippen LogP contribution in [0, 0.1) is 0 Å². The highest BCUT2D eigenvalue weighted by atomic mass is 16.2. The first-order valence-corrected chi connectivity index (χ1v) is 7.59. The lowest BCUT2D eigenvalue weighted by molar-refractivity contribution is 0.0955. The Bertz CT molecular complexity index is 725. The molecule has 0 atom stereocenters. The Balaban J connectivity index is 2.11. The molecule has 2 aromatic rings. The first-order valence-electron chi connectivity index (χ1n) is 7.59. The van der Waals surface area contributed by atoms with Crippen LogP contribution in [-0.2, 0) is 5.41 Å². The molecule has 0 saturated heterocycles. The van der Waals surface area contributed by atoms with Gasteiger partial charge in [0.1, 0.15) is 0 Å². The summed E-state index contributed by atoms with van der Waals surface area (Å²) in [6.07, 6.45) is 0. The van der Waals surface area contributed by atoms with Gasteiger partial charge in [0.2, 0.25) is 0 Å². The number of anilines is 1. The Morgan fingerprint density at radius 3 is 2.22 bits per heavy atom. The van der Waals surface area contributed by atoms with Crippen LogP contribution in [0.25, 0.3) is 0 Å². The topological polar surface area (TPSA) is 67.5 Å². The average molecular weight is 309 g/mol. The number of amides is 1. The lowest BCUT2D eigenvalue weighted by Crippen LogP contribution is -2.20. The van der Waals surface area contributed by atoms with E-state index in [9.17, 15) is 4.79 Å². The van der Waals surface area contributed by atoms with E-state index >= 15 is 0 Å². The lowest BCUT2D eigenvalue weighted by Gasteiger charge is -2.19. The number of carbonyl (C=O) groups excluding carboxylic acids is 1. The molecule has 0 aliphatic rings. The lowest BCUT2D eigenvalue weighted by atomic mass is 9.86. The maximum atomic E-state index is 12.1. The predicted molar refractivity (Wildman–Crippen MR) is 95.7 cm³/mol. The van der Waals surface area contributed by atoms with Gasteiger partial charge in [0.05, 0.1) is 11.3 Å². The van der Waals surface area contributed by atoms with Crippen molar-refractivity contribution in [3.8, 4) is 0 Å². The van der Waals surface area contributed by atoms with Crippen LogP contribution in [0.15, 0.2) is 53.6 Å². The number of nitrogens with one attached hydrogen (secondary N) is 1. The maximum absolute atomic E-state index is 12.1. The monoisotopic (exact) mass is 309 g/mol. The Morgan fingerprint density at radius 1 is 1.04 bits per heavy atom. The Morgan fingerprint density at radius 2 is 1.65 bits per heavy atom. The van der Waals surface area contributed by atoms with Gasteiger partial charge in [0.15, 0.2) is 0 Å². The van der Waals surface area contributed by atoms with Crippen LogP contribution in [0.4, 0.5) is 5.69 Å².